The standard InChI is InChI=1S/C26H22N2O2S/c29-24-18-20-17-23(31-22-10-2-1-3-11-22)16-19-8-4-6-13-26(19,20)25(30)28(24)15-12-21-9-5-7-14-27-21/h1-11,13-14,16-17,20H,12,15,18H2. The Hall–Kier alpha value is -3.18. The molecule has 0 bridgehead atoms. The fourth-order valence-electron chi connectivity index (χ4n) is 4.53. The van der Waals surface area contributed by atoms with Crippen molar-refractivity contribution in [2.45, 2.75) is 17.7 Å². The van der Waals surface area contributed by atoms with Crippen molar-refractivity contribution >= 4 is 23.6 Å². The summed E-state index contributed by atoms with van der Waals surface area (Å²) in [6.07, 6.45) is 14.7. The number of aromatic nitrogens is 1. The van der Waals surface area contributed by atoms with Crippen LogP contribution in [0.2, 0.25) is 0 Å². The van der Waals surface area contributed by atoms with Crippen molar-refractivity contribution < 1.29 is 9.59 Å². The van der Waals surface area contributed by atoms with Crippen LogP contribution in [0.15, 0.2) is 107 Å². The number of pyridine rings is 1. The summed E-state index contributed by atoms with van der Waals surface area (Å²) >= 11 is 1.67. The minimum Gasteiger partial charge on any atom is -0.281 e. The number of allylic oxidation sites excluding steroid dienone is 5. The molecule has 154 valence electrons. The van der Waals surface area contributed by atoms with Crippen molar-refractivity contribution in [3.63, 3.8) is 0 Å². The van der Waals surface area contributed by atoms with Crippen LogP contribution in [0.1, 0.15) is 12.1 Å². The Balaban J connectivity index is 1.44. The molecular weight excluding hydrogens is 404 g/mol. The molecule has 2 unspecified atom stereocenters. The number of benzene rings is 1. The van der Waals surface area contributed by atoms with Gasteiger partial charge in [-0.25, -0.2) is 0 Å². The second-order valence-corrected chi connectivity index (χ2v) is 9.05. The molecule has 4 nitrogen and oxygen atoms in total. The minimum atomic E-state index is -0.798. The molecule has 31 heavy (non-hydrogen) atoms. The zero-order valence-corrected chi connectivity index (χ0v) is 17.8. The van der Waals surface area contributed by atoms with Crippen LogP contribution >= 0.6 is 11.8 Å². The maximum absolute atomic E-state index is 13.7. The molecule has 1 aromatic carbocycles. The first kappa shape index (κ1) is 19.8. The number of amides is 2. The van der Waals surface area contributed by atoms with Gasteiger partial charge in [-0.05, 0) is 35.9 Å². The third-order valence-corrected chi connectivity index (χ3v) is 7.06. The van der Waals surface area contributed by atoms with Crippen molar-refractivity contribution in [1.82, 2.24) is 9.88 Å². The van der Waals surface area contributed by atoms with E-state index in [1.165, 1.54) is 4.90 Å². The van der Waals surface area contributed by atoms with Crippen LogP contribution in [-0.2, 0) is 16.0 Å². The summed E-state index contributed by atoms with van der Waals surface area (Å²) in [5.41, 5.74) is 1.04. The van der Waals surface area contributed by atoms with Crippen LogP contribution in [0.4, 0.5) is 0 Å². The Labute approximate surface area is 186 Å². The Kier molecular flexibility index (Phi) is 5.20. The average molecular weight is 427 g/mol. The third-order valence-electron chi connectivity index (χ3n) is 6.06. The molecule has 1 fully saturated rings. The van der Waals surface area contributed by atoms with Gasteiger partial charge in [0.1, 0.15) is 0 Å². The van der Waals surface area contributed by atoms with Gasteiger partial charge in [0.15, 0.2) is 0 Å². The number of likely N-dealkylation sites (tertiary alicyclic amines) is 1. The second kappa shape index (κ2) is 8.16. The SMILES string of the molecule is O=C1CC2C=C(Sc3ccccc3)C=C3C=CC=CC32C(=O)N1CCc1ccccn1. The molecule has 1 aromatic heterocycles. The summed E-state index contributed by atoms with van der Waals surface area (Å²) in [5.74, 6) is -0.413. The van der Waals surface area contributed by atoms with E-state index in [0.29, 0.717) is 19.4 Å². The molecule has 2 heterocycles. The Morgan fingerprint density at radius 2 is 1.90 bits per heavy atom. The fraction of sp³-hybridized carbons (Fsp3) is 0.192. The predicted octanol–water partition coefficient (Wildman–Crippen LogP) is 4.73. The van der Waals surface area contributed by atoms with Gasteiger partial charge in [0, 0.05) is 47.0 Å². The molecule has 2 aliphatic carbocycles. The van der Waals surface area contributed by atoms with Crippen LogP contribution in [0.3, 0.4) is 0 Å². The molecule has 1 spiro atoms. The van der Waals surface area contributed by atoms with Gasteiger partial charge in [0.05, 0.1) is 5.41 Å². The number of hydrogen-bond donors (Lipinski definition) is 0. The molecule has 3 aliphatic rings. The van der Waals surface area contributed by atoms with Crippen molar-refractivity contribution in [2.24, 2.45) is 11.3 Å². The number of nitrogens with zero attached hydrogens (tertiary/aromatic N) is 2. The van der Waals surface area contributed by atoms with Gasteiger partial charge >= 0.3 is 0 Å². The lowest BCUT2D eigenvalue weighted by molar-refractivity contribution is -0.155. The number of imide groups is 1. The monoisotopic (exact) mass is 426 g/mol. The lowest BCUT2D eigenvalue weighted by Gasteiger charge is -2.47. The number of rotatable bonds is 5. The molecule has 5 heteroatoms. The number of carbonyl (C=O) groups is 2. The van der Waals surface area contributed by atoms with Gasteiger partial charge in [0.25, 0.3) is 0 Å². The van der Waals surface area contributed by atoms with Crippen molar-refractivity contribution in [2.75, 3.05) is 6.54 Å². The highest BCUT2D eigenvalue weighted by Gasteiger charge is 2.54. The highest BCUT2D eigenvalue weighted by atomic mass is 32.2. The summed E-state index contributed by atoms with van der Waals surface area (Å²) in [7, 11) is 0. The molecule has 2 aromatic rings. The summed E-state index contributed by atoms with van der Waals surface area (Å²) in [6.45, 7) is 0.351. The van der Waals surface area contributed by atoms with Crippen LogP contribution in [0, 0.1) is 11.3 Å². The van der Waals surface area contributed by atoms with Crippen LogP contribution in [0.5, 0.6) is 0 Å². The van der Waals surface area contributed by atoms with Gasteiger partial charge < -0.3 is 0 Å². The van der Waals surface area contributed by atoms with E-state index in [9.17, 15) is 9.59 Å². The van der Waals surface area contributed by atoms with Gasteiger partial charge in [-0.3, -0.25) is 19.5 Å². The van der Waals surface area contributed by atoms with E-state index in [-0.39, 0.29) is 17.7 Å². The first-order valence-electron chi connectivity index (χ1n) is 10.4. The molecular formula is C26H22N2O2S. The highest BCUT2D eigenvalue weighted by Crippen LogP contribution is 2.52. The highest BCUT2D eigenvalue weighted by molar-refractivity contribution is 8.03. The summed E-state index contributed by atoms with van der Waals surface area (Å²) in [4.78, 5) is 34.7. The summed E-state index contributed by atoms with van der Waals surface area (Å²) in [6, 6.07) is 15.9. The lowest BCUT2D eigenvalue weighted by Crippen LogP contribution is -2.57. The summed E-state index contributed by atoms with van der Waals surface area (Å²) in [5, 5.41) is 0. The zero-order chi connectivity index (χ0) is 21.3. The molecule has 2 atom stereocenters. The number of hydrogen-bond acceptors (Lipinski definition) is 4. The van der Waals surface area contributed by atoms with E-state index in [1.54, 1.807) is 18.0 Å². The summed E-state index contributed by atoms with van der Waals surface area (Å²) < 4.78 is 0. The molecule has 1 saturated heterocycles. The number of carbonyl (C=O) groups excluding carboxylic acids is 2. The van der Waals surface area contributed by atoms with Gasteiger partial charge in [-0.15, -0.1) is 0 Å². The smallest absolute Gasteiger partial charge is 0.244 e. The van der Waals surface area contributed by atoms with Crippen LogP contribution in [0.25, 0.3) is 0 Å². The van der Waals surface area contributed by atoms with Crippen molar-refractivity contribution in [1.29, 1.82) is 0 Å². The maximum Gasteiger partial charge on any atom is 0.244 e. The maximum atomic E-state index is 13.7. The Morgan fingerprint density at radius 1 is 1.06 bits per heavy atom. The first-order chi connectivity index (χ1) is 15.2. The van der Waals surface area contributed by atoms with E-state index < -0.39 is 5.41 Å². The van der Waals surface area contributed by atoms with E-state index in [1.807, 2.05) is 60.7 Å². The van der Waals surface area contributed by atoms with E-state index in [4.69, 9.17) is 0 Å². The zero-order valence-electron chi connectivity index (χ0n) is 17.0. The van der Waals surface area contributed by atoms with Crippen LogP contribution in [-0.4, -0.2) is 28.2 Å². The minimum absolute atomic E-state index is 0.110. The molecule has 0 N–H and O–H groups in total. The van der Waals surface area contributed by atoms with Gasteiger partial charge in [0.2, 0.25) is 11.8 Å². The van der Waals surface area contributed by atoms with E-state index in [0.717, 1.165) is 21.1 Å². The molecule has 2 amide bonds. The molecule has 5 rings (SSSR count). The molecule has 1 aliphatic heterocycles. The fourth-order valence-corrected chi connectivity index (χ4v) is 5.52. The van der Waals surface area contributed by atoms with E-state index >= 15 is 0 Å². The molecule has 0 saturated carbocycles. The van der Waals surface area contributed by atoms with Crippen molar-refractivity contribution in [3.8, 4) is 0 Å². The van der Waals surface area contributed by atoms with E-state index in [2.05, 4.69) is 29.3 Å². The topological polar surface area (TPSA) is 50.3 Å². The molecule has 0 radical (unpaired) electrons. The largest absolute Gasteiger partial charge is 0.281 e. The quantitative estimate of drug-likeness (QED) is 0.649. The normalized spacial score (nSPS) is 24.4. The van der Waals surface area contributed by atoms with Gasteiger partial charge in [-0.1, -0.05) is 66.4 Å². The predicted molar refractivity (Wildman–Crippen MR) is 122 cm³/mol. The third kappa shape index (κ3) is 3.59. The van der Waals surface area contributed by atoms with Crippen molar-refractivity contribution in [3.05, 3.63) is 107 Å². The average Bonchev–Trinajstić information content (AvgIpc) is 2.80. The lowest BCUT2D eigenvalue weighted by atomic mass is 9.62. The Bertz CT molecular complexity index is 1130. The Morgan fingerprint density at radius 3 is 2.71 bits per heavy atom. The van der Waals surface area contributed by atoms with Crippen LogP contribution < -0.4 is 0 Å². The number of piperidine rings is 1. The first-order valence-corrected chi connectivity index (χ1v) is 11.3. The second-order valence-electron chi connectivity index (χ2n) is 7.90. The number of thioether (sulfide) groups is 1. The van der Waals surface area contributed by atoms with Gasteiger partial charge in [-0.2, -0.15) is 0 Å².